The molecule has 1 aromatic rings. The first-order chi connectivity index (χ1) is 12.6. The Morgan fingerprint density at radius 3 is 2.65 bits per heavy atom. The normalized spacial score (nSPS) is 17.0. The lowest BCUT2D eigenvalue weighted by atomic mass is 9.81. The zero-order chi connectivity index (χ0) is 19.1. The van der Waals surface area contributed by atoms with E-state index in [2.05, 4.69) is 18.3 Å². The highest BCUT2D eigenvalue weighted by Gasteiger charge is 2.37. The first kappa shape index (κ1) is 20.4. The number of nitriles is 1. The molecule has 1 aliphatic rings. The van der Waals surface area contributed by atoms with Gasteiger partial charge in [-0.25, -0.2) is 4.79 Å². The van der Waals surface area contributed by atoms with Gasteiger partial charge in [-0.1, -0.05) is 50.1 Å². The van der Waals surface area contributed by atoms with E-state index in [1.165, 1.54) is 0 Å². The fourth-order valence-corrected chi connectivity index (χ4v) is 4.06. The minimum atomic E-state index is -0.524. The molecule has 0 saturated carbocycles. The van der Waals surface area contributed by atoms with E-state index in [0.717, 1.165) is 28.5 Å². The molecule has 0 radical (unpaired) electrons. The SMILES string of the molecule is CCCC1=C(C(=O)OCC)[C@H](c2ccccc2Cl)C(C#N)=C(SCC)N1. The average Bonchev–Trinajstić information content (AvgIpc) is 2.62. The number of carbonyl (C=O) groups excluding carboxylic acids is 1. The van der Waals surface area contributed by atoms with Crippen LogP contribution in [0.4, 0.5) is 0 Å². The standard InChI is InChI=1S/C20H23ClN2O2S/c1-4-9-16-18(20(24)25-5-2)17(13-10-7-8-11-15(13)21)14(12-22)19(23-16)26-6-3/h7-8,10-11,17,23H,4-6,9H2,1-3H3/t17-/m1/s1. The number of rotatable bonds is 7. The van der Waals surface area contributed by atoms with Crippen molar-refractivity contribution in [2.24, 2.45) is 0 Å². The Balaban J connectivity index is 2.72. The van der Waals surface area contributed by atoms with Crippen molar-refractivity contribution in [3.8, 4) is 6.07 Å². The molecular formula is C20H23ClN2O2S. The lowest BCUT2D eigenvalue weighted by molar-refractivity contribution is -0.138. The Morgan fingerprint density at radius 1 is 1.35 bits per heavy atom. The molecule has 0 aliphatic carbocycles. The Bertz CT molecular complexity index is 780. The van der Waals surface area contributed by atoms with Crippen LogP contribution in [0.2, 0.25) is 5.02 Å². The summed E-state index contributed by atoms with van der Waals surface area (Å²) in [6.07, 6.45) is 1.56. The fourth-order valence-electron chi connectivity index (χ4n) is 3.01. The average molecular weight is 391 g/mol. The van der Waals surface area contributed by atoms with Crippen LogP contribution in [0.15, 0.2) is 46.1 Å². The number of hydrogen-bond acceptors (Lipinski definition) is 5. The van der Waals surface area contributed by atoms with Crippen LogP contribution in [0, 0.1) is 11.3 Å². The predicted molar refractivity (Wildman–Crippen MR) is 107 cm³/mol. The van der Waals surface area contributed by atoms with Gasteiger partial charge in [0.1, 0.15) is 0 Å². The van der Waals surface area contributed by atoms with Crippen molar-refractivity contribution < 1.29 is 9.53 Å². The van der Waals surface area contributed by atoms with Crippen LogP contribution in [0.1, 0.15) is 45.1 Å². The summed E-state index contributed by atoms with van der Waals surface area (Å²) in [6.45, 7) is 6.14. The molecule has 1 aliphatic heterocycles. The number of thioether (sulfide) groups is 1. The number of esters is 1. The molecular weight excluding hydrogens is 368 g/mol. The van der Waals surface area contributed by atoms with Crippen molar-refractivity contribution >= 4 is 29.3 Å². The molecule has 1 atom stereocenters. The molecule has 0 fully saturated rings. The van der Waals surface area contributed by atoms with Crippen LogP contribution in [-0.2, 0) is 9.53 Å². The fraction of sp³-hybridized carbons (Fsp3) is 0.400. The molecule has 2 rings (SSSR count). The lowest BCUT2D eigenvalue weighted by Crippen LogP contribution is -2.30. The molecule has 0 aromatic heterocycles. The molecule has 0 spiro atoms. The van der Waals surface area contributed by atoms with E-state index < -0.39 is 11.9 Å². The highest BCUT2D eigenvalue weighted by atomic mass is 35.5. The number of benzene rings is 1. The number of nitrogens with one attached hydrogen (secondary N) is 1. The van der Waals surface area contributed by atoms with Crippen LogP contribution in [0.5, 0.6) is 0 Å². The Labute approximate surface area is 164 Å². The molecule has 0 unspecified atom stereocenters. The van der Waals surface area contributed by atoms with Crippen molar-refractivity contribution in [3.63, 3.8) is 0 Å². The van der Waals surface area contributed by atoms with Gasteiger partial charge in [-0.3, -0.25) is 0 Å². The van der Waals surface area contributed by atoms with Crippen molar-refractivity contribution in [2.45, 2.75) is 39.5 Å². The second-order valence-electron chi connectivity index (χ2n) is 5.73. The monoisotopic (exact) mass is 390 g/mol. The summed E-state index contributed by atoms with van der Waals surface area (Å²) < 4.78 is 5.32. The van der Waals surface area contributed by atoms with Gasteiger partial charge < -0.3 is 10.1 Å². The number of halogens is 1. The molecule has 26 heavy (non-hydrogen) atoms. The van der Waals surface area contributed by atoms with Gasteiger partial charge in [-0.2, -0.15) is 5.26 Å². The topological polar surface area (TPSA) is 62.1 Å². The highest BCUT2D eigenvalue weighted by molar-refractivity contribution is 8.03. The second-order valence-corrected chi connectivity index (χ2v) is 7.41. The summed E-state index contributed by atoms with van der Waals surface area (Å²) in [5, 5.41) is 14.5. The molecule has 0 amide bonds. The minimum Gasteiger partial charge on any atom is -0.463 e. The van der Waals surface area contributed by atoms with E-state index >= 15 is 0 Å². The number of dihydropyridines is 1. The summed E-state index contributed by atoms with van der Waals surface area (Å²) in [4.78, 5) is 12.8. The Hall–Kier alpha value is -1.90. The van der Waals surface area contributed by atoms with E-state index in [4.69, 9.17) is 16.3 Å². The third-order valence-electron chi connectivity index (χ3n) is 4.03. The van der Waals surface area contributed by atoms with Gasteiger partial charge in [0.05, 0.1) is 34.8 Å². The van der Waals surface area contributed by atoms with Gasteiger partial charge in [-0.15, -0.1) is 11.8 Å². The van der Waals surface area contributed by atoms with Crippen LogP contribution >= 0.6 is 23.4 Å². The van der Waals surface area contributed by atoms with E-state index in [-0.39, 0.29) is 6.61 Å². The van der Waals surface area contributed by atoms with Gasteiger partial charge >= 0.3 is 5.97 Å². The second kappa shape index (κ2) is 9.70. The molecule has 0 saturated heterocycles. The summed E-state index contributed by atoms with van der Waals surface area (Å²) in [7, 11) is 0. The molecule has 1 aromatic carbocycles. The number of allylic oxidation sites excluding steroid dienone is 2. The zero-order valence-corrected chi connectivity index (χ0v) is 16.8. The number of hydrogen-bond donors (Lipinski definition) is 1. The van der Waals surface area contributed by atoms with Crippen molar-refractivity contribution in [3.05, 3.63) is 56.7 Å². The van der Waals surface area contributed by atoms with Crippen LogP contribution in [-0.4, -0.2) is 18.3 Å². The van der Waals surface area contributed by atoms with Crippen LogP contribution in [0.3, 0.4) is 0 Å². The molecule has 1 N–H and O–H groups in total. The van der Waals surface area contributed by atoms with Crippen molar-refractivity contribution in [1.82, 2.24) is 5.32 Å². The first-order valence-corrected chi connectivity index (χ1v) is 10.1. The third-order valence-corrected chi connectivity index (χ3v) is 5.28. The van der Waals surface area contributed by atoms with Gasteiger partial charge in [0.15, 0.2) is 0 Å². The minimum absolute atomic E-state index is 0.277. The maximum absolute atomic E-state index is 12.8. The van der Waals surface area contributed by atoms with Gasteiger partial charge in [0.25, 0.3) is 0 Å². The number of carbonyl (C=O) groups is 1. The number of nitrogens with zero attached hydrogens (tertiary/aromatic N) is 1. The Kier molecular flexibility index (Phi) is 7.62. The van der Waals surface area contributed by atoms with Crippen LogP contribution < -0.4 is 5.32 Å². The largest absolute Gasteiger partial charge is 0.463 e. The zero-order valence-electron chi connectivity index (χ0n) is 15.3. The number of ether oxygens (including phenoxy) is 1. The van der Waals surface area contributed by atoms with E-state index in [1.807, 2.05) is 25.1 Å². The Morgan fingerprint density at radius 2 is 2.08 bits per heavy atom. The molecule has 138 valence electrons. The smallest absolute Gasteiger partial charge is 0.336 e. The van der Waals surface area contributed by atoms with E-state index in [1.54, 1.807) is 24.8 Å². The summed E-state index contributed by atoms with van der Waals surface area (Å²) in [6, 6.07) is 9.65. The summed E-state index contributed by atoms with van der Waals surface area (Å²) >= 11 is 8.01. The molecule has 6 heteroatoms. The molecule has 4 nitrogen and oxygen atoms in total. The maximum Gasteiger partial charge on any atom is 0.336 e. The molecule has 0 bridgehead atoms. The van der Waals surface area contributed by atoms with Crippen molar-refractivity contribution in [1.29, 1.82) is 5.26 Å². The third kappa shape index (κ3) is 4.25. The van der Waals surface area contributed by atoms with Gasteiger partial charge in [0, 0.05) is 10.7 Å². The quantitative estimate of drug-likeness (QED) is 0.653. The lowest BCUT2D eigenvalue weighted by Gasteiger charge is -2.31. The van der Waals surface area contributed by atoms with E-state index in [9.17, 15) is 10.1 Å². The van der Waals surface area contributed by atoms with E-state index in [0.29, 0.717) is 22.6 Å². The van der Waals surface area contributed by atoms with Gasteiger partial charge in [-0.05, 0) is 30.7 Å². The highest BCUT2D eigenvalue weighted by Crippen LogP contribution is 2.43. The van der Waals surface area contributed by atoms with Crippen molar-refractivity contribution in [2.75, 3.05) is 12.4 Å². The summed E-state index contributed by atoms with van der Waals surface area (Å²) in [5.41, 5.74) is 2.55. The summed E-state index contributed by atoms with van der Waals surface area (Å²) in [5.74, 6) is -0.108. The van der Waals surface area contributed by atoms with Gasteiger partial charge in [0.2, 0.25) is 0 Å². The predicted octanol–water partition coefficient (Wildman–Crippen LogP) is 5.13. The van der Waals surface area contributed by atoms with Crippen LogP contribution in [0.25, 0.3) is 0 Å². The first-order valence-electron chi connectivity index (χ1n) is 8.77. The maximum atomic E-state index is 12.8. The molecule has 1 heterocycles.